The Kier molecular flexibility index (Phi) is 3.35. The molecule has 2 aromatic rings. The Morgan fingerprint density at radius 3 is 2.85 bits per heavy atom. The minimum atomic E-state index is -4.44. The van der Waals surface area contributed by atoms with E-state index in [9.17, 15) is 13.2 Å². The van der Waals surface area contributed by atoms with Gasteiger partial charge in [-0.25, -0.2) is 9.50 Å². The Balaban J connectivity index is 2.01. The predicted octanol–water partition coefficient (Wildman–Crippen LogP) is 2.97. The van der Waals surface area contributed by atoms with E-state index in [1.54, 1.807) is 0 Å². The maximum absolute atomic E-state index is 12.7. The van der Waals surface area contributed by atoms with Crippen LogP contribution in [0, 0.1) is 5.92 Å². The maximum Gasteiger partial charge on any atom is 0.435 e. The third-order valence-electron chi connectivity index (χ3n) is 3.46. The van der Waals surface area contributed by atoms with E-state index in [2.05, 4.69) is 26.0 Å². The molecule has 1 saturated heterocycles. The highest BCUT2D eigenvalue weighted by molar-refractivity contribution is 9.09. The molecule has 1 unspecified atom stereocenters. The molecule has 1 atom stereocenters. The molecule has 3 heterocycles. The van der Waals surface area contributed by atoms with Gasteiger partial charge in [-0.15, -0.1) is 0 Å². The van der Waals surface area contributed by atoms with Crippen molar-refractivity contribution in [1.82, 2.24) is 14.6 Å². The molecular formula is C12H12BrF3N4. The van der Waals surface area contributed by atoms with E-state index < -0.39 is 11.9 Å². The lowest BCUT2D eigenvalue weighted by Gasteiger charge is -2.17. The molecule has 3 rings (SSSR count). The Bertz CT molecular complexity index is 625. The zero-order valence-corrected chi connectivity index (χ0v) is 12.0. The minimum Gasteiger partial charge on any atom is -0.355 e. The van der Waals surface area contributed by atoms with Gasteiger partial charge < -0.3 is 4.90 Å². The van der Waals surface area contributed by atoms with Gasteiger partial charge in [0, 0.05) is 36.9 Å². The van der Waals surface area contributed by atoms with Gasteiger partial charge in [-0.1, -0.05) is 15.9 Å². The first kappa shape index (κ1) is 13.7. The smallest absolute Gasteiger partial charge is 0.355 e. The number of anilines is 1. The monoisotopic (exact) mass is 348 g/mol. The second-order valence-electron chi connectivity index (χ2n) is 4.86. The van der Waals surface area contributed by atoms with Crippen LogP contribution in [0.4, 0.5) is 19.0 Å². The summed E-state index contributed by atoms with van der Waals surface area (Å²) >= 11 is 3.44. The van der Waals surface area contributed by atoms with Crippen LogP contribution in [0.15, 0.2) is 18.5 Å². The summed E-state index contributed by atoms with van der Waals surface area (Å²) in [6, 6.07) is 1.06. The summed E-state index contributed by atoms with van der Waals surface area (Å²) < 4.78 is 39.4. The molecule has 0 amide bonds. The first-order chi connectivity index (χ1) is 9.49. The predicted molar refractivity (Wildman–Crippen MR) is 72.1 cm³/mol. The number of rotatable bonds is 2. The number of alkyl halides is 4. The van der Waals surface area contributed by atoms with Crippen LogP contribution in [0.2, 0.25) is 0 Å². The van der Waals surface area contributed by atoms with E-state index in [1.165, 1.54) is 16.9 Å². The molecule has 2 aromatic heterocycles. The topological polar surface area (TPSA) is 33.4 Å². The second kappa shape index (κ2) is 4.91. The highest BCUT2D eigenvalue weighted by Crippen LogP contribution is 2.32. The Labute approximate surface area is 121 Å². The third kappa shape index (κ3) is 2.36. The number of hydrogen-bond donors (Lipinski definition) is 0. The Morgan fingerprint density at radius 2 is 2.20 bits per heavy atom. The van der Waals surface area contributed by atoms with E-state index in [1.807, 2.05) is 4.90 Å². The van der Waals surface area contributed by atoms with Gasteiger partial charge in [0.2, 0.25) is 0 Å². The van der Waals surface area contributed by atoms with Crippen LogP contribution in [-0.4, -0.2) is 33.0 Å². The number of hydrogen-bond acceptors (Lipinski definition) is 3. The van der Waals surface area contributed by atoms with E-state index in [0.29, 0.717) is 17.3 Å². The van der Waals surface area contributed by atoms with E-state index in [0.717, 1.165) is 30.9 Å². The van der Waals surface area contributed by atoms with Gasteiger partial charge >= 0.3 is 6.18 Å². The highest BCUT2D eigenvalue weighted by atomic mass is 79.9. The molecule has 1 fully saturated rings. The molecule has 0 aliphatic carbocycles. The number of halogens is 4. The van der Waals surface area contributed by atoms with Gasteiger partial charge in [0.25, 0.3) is 0 Å². The minimum absolute atomic E-state index is 0.398. The summed E-state index contributed by atoms with van der Waals surface area (Å²) in [6.45, 7) is 1.60. The molecule has 1 aliphatic heterocycles. The molecule has 108 valence electrons. The Hall–Kier alpha value is -1.31. The first-order valence-corrected chi connectivity index (χ1v) is 7.33. The van der Waals surface area contributed by atoms with Crippen molar-refractivity contribution in [3.05, 3.63) is 24.2 Å². The standard InChI is InChI=1S/C12H12BrF3N4/c13-6-8-1-3-19(7-8)11-9-5-10(12(14,15)16)18-20(9)4-2-17-11/h2,4-5,8H,1,3,6-7H2. The highest BCUT2D eigenvalue weighted by Gasteiger charge is 2.35. The molecule has 0 bridgehead atoms. The first-order valence-electron chi connectivity index (χ1n) is 6.21. The lowest BCUT2D eigenvalue weighted by Crippen LogP contribution is -2.21. The van der Waals surface area contributed by atoms with Crippen LogP contribution in [0.3, 0.4) is 0 Å². The summed E-state index contributed by atoms with van der Waals surface area (Å²) in [5.74, 6) is 1.07. The average Bonchev–Trinajstić information content (AvgIpc) is 3.04. The van der Waals surface area contributed by atoms with Gasteiger partial charge in [-0.05, 0) is 12.3 Å². The van der Waals surface area contributed by atoms with Crippen molar-refractivity contribution in [2.45, 2.75) is 12.6 Å². The van der Waals surface area contributed by atoms with Crippen molar-refractivity contribution in [1.29, 1.82) is 0 Å². The molecular weight excluding hydrogens is 337 g/mol. The fraction of sp³-hybridized carbons (Fsp3) is 0.500. The van der Waals surface area contributed by atoms with Crippen LogP contribution < -0.4 is 4.90 Å². The molecule has 0 saturated carbocycles. The SMILES string of the molecule is FC(F)(F)c1cc2c(N3CCC(CBr)C3)nccn2n1. The number of nitrogens with zero attached hydrogens (tertiary/aromatic N) is 4. The van der Waals surface area contributed by atoms with Crippen molar-refractivity contribution in [2.24, 2.45) is 5.92 Å². The Morgan fingerprint density at radius 1 is 1.40 bits per heavy atom. The summed E-state index contributed by atoms with van der Waals surface area (Å²) in [6.07, 6.45) is -0.510. The number of fused-ring (bicyclic) bond motifs is 1. The lowest BCUT2D eigenvalue weighted by atomic mass is 10.2. The number of aromatic nitrogens is 3. The normalized spacial score (nSPS) is 20.0. The summed E-state index contributed by atoms with van der Waals surface area (Å²) in [4.78, 5) is 6.25. The molecule has 1 aliphatic rings. The van der Waals surface area contributed by atoms with Crippen LogP contribution in [0.5, 0.6) is 0 Å². The molecule has 4 nitrogen and oxygen atoms in total. The van der Waals surface area contributed by atoms with Crippen molar-refractivity contribution < 1.29 is 13.2 Å². The van der Waals surface area contributed by atoms with Crippen LogP contribution >= 0.6 is 15.9 Å². The van der Waals surface area contributed by atoms with Crippen LogP contribution in [-0.2, 0) is 6.18 Å². The van der Waals surface area contributed by atoms with Gasteiger partial charge in [0.1, 0.15) is 5.52 Å². The summed E-state index contributed by atoms with van der Waals surface area (Å²) in [7, 11) is 0. The van der Waals surface area contributed by atoms with Crippen molar-refractivity contribution in [2.75, 3.05) is 23.3 Å². The fourth-order valence-electron chi connectivity index (χ4n) is 2.44. The van der Waals surface area contributed by atoms with Crippen LogP contribution in [0.25, 0.3) is 5.52 Å². The molecule has 0 radical (unpaired) electrons. The summed E-state index contributed by atoms with van der Waals surface area (Å²) in [5, 5.41) is 4.46. The quantitative estimate of drug-likeness (QED) is 0.782. The molecule has 0 spiro atoms. The molecule has 0 aromatic carbocycles. The van der Waals surface area contributed by atoms with Crippen molar-refractivity contribution in [3.63, 3.8) is 0 Å². The average molecular weight is 349 g/mol. The third-order valence-corrected chi connectivity index (χ3v) is 4.38. The van der Waals surface area contributed by atoms with Crippen molar-refractivity contribution in [3.8, 4) is 0 Å². The van der Waals surface area contributed by atoms with Gasteiger partial charge in [0.05, 0.1) is 0 Å². The largest absolute Gasteiger partial charge is 0.435 e. The molecule has 8 heteroatoms. The maximum atomic E-state index is 12.7. The van der Waals surface area contributed by atoms with Crippen LogP contribution in [0.1, 0.15) is 12.1 Å². The van der Waals surface area contributed by atoms with Gasteiger partial charge in [-0.3, -0.25) is 0 Å². The lowest BCUT2D eigenvalue weighted by molar-refractivity contribution is -0.141. The summed E-state index contributed by atoms with van der Waals surface area (Å²) in [5.41, 5.74) is -0.488. The molecule has 20 heavy (non-hydrogen) atoms. The fourth-order valence-corrected chi connectivity index (χ4v) is 2.97. The van der Waals surface area contributed by atoms with Gasteiger partial charge in [-0.2, -0.15) is 18.3 Å². The second-order valence-corrected chi connectivity index (χ2v) is 5.51. The zero-order chi connectivity index (χ0) is 14.3. The van der Waals surface area contributed by atoms with Crippen molar-refractivity contribution >= 4 is 27.3 Å². The van der Waals surface area contributed by atoms with E-state index in [4.69, 9.17) is 0 Å². The van der Waals surface area contributed by atoms with E-state index in [-0.39, 0.29) is 0 Å². The zero-order valence-electron chi connectivity index (χ0n) is 10.4. The van der Waals surface area contributed by atoms with E-state index >= 15 is 0 Å². The molecule has 0 N–H and O–H groups in total. The van der Waals surface area contributed by atoms with Gasteiger partial charge in [0.15, 0.2) is 11.5 Å².